The van der Waals surface area contributed by atoms with Gasteiger partial charge in [0.05, 0.1) is 18.5 Å². The van der Waals surface area contributed by atoms with E-state index in [-0.39, 0.29) is 11.3 Å². The van der Waals surface area contributed by atoms with Gasteiger partial charge in [-0.05, 0) is 58.0 Å². The molecule has 0 radical (unpaired) electrons. The number of nitrogens with one attached hydrogen (secondary N) is 1. The van der Waals surface area contributed by atoms with Gasteiger partial charge in [-0.2, -0.15) is 0 Å². The molecule has 0 amide bonds. The molecule has 1 N–H and O–H groups in total. The van der Waals surface area contributed by atoms with Gasteiger partial charge in [-0.15, -0.1) is 0 Å². The summed E-state index contributed by atoms with van der Waals surface area (Å²) in [6.45, 7) is 17.4. The number of rotatable bonds is 9. The highest BCUT2D eigenvalue weighted by atomic mass is 16.5. The van der Waals surface area contributed by atoms with Crippen LogP contribution < -0.4 is 5.56 Å². The molecule has 172 valence electrons. The van der Waals surface area contributed by atoms with Crippen molar-refractivity contribution in [2.75, 3.05) is 39.8 Å². The molecule has 2 rings (SSSR count). The molecule has 0 saturated carbocycles. The maximum absolute atomic E-state index is 12.2. The SMILES string of the molecule is C=N/C(=C\C=C(/C)N1CCN(C/C(C)=C/c2[nH]c(=O)c(CC)cc2N=C)CC1)C(=O)OC. The van der Waals surface area contributed by atoms with Crippen LogP contribution in [0.25, 0.3) is 6.08 Å². The van der Waals surface area contributed by atoms with Crippen molar-refractivity contribution >= 4 is 31.2 Å². The van der Waals surface area contributed by atoms with Crippen molar-refractivity contribution in [3.63, 3.8) is 0 Å². The predicted molar refractivity (Wildman–Crippen MR) is 131 cm³/mol. The van der Waals surface area contributed by atoms with Crippen LogP contribution in [-0.2, 0) is 16.0 Å². The normalized spacial score (nSPS) is 16.1. The summed E-state index contributed by atoms with van der Waals surface area (Å²) >= 11 is 0. The molecule has 1 aromatic rings. The minimum atomic E-state index is -0.503. The van der Waals surface area contributed by atoms with Gasteiger partial charge < -0.3 is 14.6 Å². The number of esters is 1. The fraction of sp³-hybridized carbons (Fsp3) is 0.417. The number of aromatic nitrogens is 1. The lowest BCUT2D eigenvalue weighted by molar-refractivity contribution is -0.136. The molecule has 8 heteroatoms. The average molecular weight is 440 g/mol. The maximum atomic E-state index is 12.2. The van der Waals surface area contributed by atoms with E-state index in [0.717, 1.165) is 44.0 Å². The molecule has 32 heavy (non-hydrogen) atoms. The molecular weight excluding hydrogens is 406 g/mol. The quantitative estimate of drug-likeness (QED) is 0.277. The molecule has 1 aromatic heterocycles. The lowest BCUT2D eigenvalue weighted by Gasteiger charge is -2.36. The van der Waals surface area contributed by atoms with Gasteiger partial charge in [0.15, 0.2) is 0 Å². The van der Waals surface area contributed by atoms with Crippen LogP contribution in [0.2, 0.25) is 0 Å². The van der Waals surface area contributed by atoms with Crippen LogP contribution in [0, 0.1) is 0 Å². The van der Waals surface area contributed by atoms with E-state index in [1.54, 1.807) is 12.1 Å². The molecule has 0 aliphatic carbocycles. The predicted octanol–water partition coefficient (Wildman–Crippen LogP) is 2.95. The Morgan fingerprint density at radius 1 is 1.22 bits per heavy atom. The number of aryl methyl sites for hydroxylation is 1. The third-order valence-electron chi connectivity index (χ3n) is 5.46. The number of pyridine rings is 1. The molecule has 1 saturated heterocycles. The smallest absolute Gasteiger partial charge is 0.356 e. The van der Waals surface area contributed by atoms with Crippen LogP contribution in [-0.4, -0.2) is 74.0 Å². The van der Waals surface area contributed by atoms with Crippen molar-refractivity contribution in [3.05, 3.63) is 56.8 Å². The first-order chi connectivity index (χ1) is 15.3. The minimum Gasteiger partial charge on any atom is -0.464 e. The van der Waals surface area contributed by atoms with Crippen LogP contribution in [0.1, 0.15) is 32.0 Å². The second kappa shape index (κ2) is 12.0. The zero-order valence-corrected chi connectivity index (χ0v) is 19.5. The summed E-state index contributed by atoms with van der Waals surface area (Å²) < 4.78 is 4.68. The summed E-state index contributed by atoms with van der Waals surface area (Å²) in [5, 5.41) is 0. The largest absolute Gasteiger partial charge is 0.464 e. The average Bonchev–Trinajstić information content (AvgIpc) is 2.79. The number of hydrogen-bond acceptors (Lipinski definition) is 7. The lowest BCUT2D eigenvalue weighted by atomic mass is 10.1. The monoisotopic (exact) mass is 439 g/mol. The fourth-order valence-corrected chi connectivity index (χ4v) is 3.58. The highest BCUT2D eigenvalue weighted by Crippen LogP contribution is 2.20. The van der Waals surface area contributed by atoms with Gasteiger partial charge in [-0.25, -0.2) is 4.79 Å². The third-order valence-corrected chi connectivity index (χ3v) is 5.46. The van der Waals surface area contributed by atoms with Gasteiger partial charge in [0.2, 0.25) is 0 Å². The maximum Gasteiger partial charge on any atom is 0.356 e. The van der Waals surface area contributed by atoms with Crippen LogP contribution in [0.5, 0.6) is 0 Å². The summed E-state index contributed by atoms with van der Waals surface area (Å²) in [6.07, 6.45) is 6.12. The van der Waals surface area contributed by atoms with Crippen LogP contribution in [0.15, 0.2) is 50.0 Å². The number of H-pyrrole nitrogens is 1. The van der Waals surface area contributed by atoms with Crippen molar-refractivity contribution < 1.29 is 9.53 Å². The molecule has 2 heterocycles. The Morgan fingerprint density at radius 3 is 2.47 bits per heavy atom. The first-order valence-electron chi connectivity index (χ1n) is 10.6. The number of carbonyl (C=O) groups excluding carboxylic acids is 1. The molecule has 1 fully saturated rings. The third kappa shape index (κ3) is 6.62. The summed E-state index contributed by atoms with van der Waals surface area (Å²) in [6, 6.07) is 1.81. The molecule has 1 aliphatic rings. The van der Waals surface area contributed by atoms with E-state index in [0.29, 0.717) is 23.4 Å². The van der Waals surface area contributed by atoms with Gasteiger partial charge in [0.25, 0.3) is 5.56 Å². The second-order valence-electron chi connectivity index (χ2n) is 7.70. The lowest BCUT2D eigenvalue weighted by Crippen LogP contribution is -2.45. The summed E-state index contributed by atoms with van der Waals surface area (Å²) in [5.41, 5.74) is 4.39. The molecule has 8 nitrogen and oxygen atoms in total. The van der Waals surface area contributed by atoms with Crippen molar-refractivity contribution in [1.29, 1.82) is 0 Å². The number of aliphatic imine (C=N–C) groups is 2. The zero-order valence-electron chi connectivity index (χ0n) is 19.5. The standard InChI is InChI=1S/C24H33N5O3/c1-7-19-15-21(26-5)22(27-23(19)30)14-17(2)16-28-10-12-29(13-11-28)18(3)8-9-20(25-4)24(31)32-6/h8-9,14-15H,4-5,7,10-13,16H2,1-3,6H3,(H,27,30)/b17-14+,18-8+,20-9-. The van der Waals surface area contributed by atoms with E-state index in [1.807, 2.05) is 26.0 Å². The van der Waals surface area contributed by atoms with Gasteiger partial charge in [-0.1, -0.05) is 12.5 Å². The Balaban J connectivity index is 2.00. The van der Waals surface area contributed by atoms with Gasteiger partial charge in [0.1, 0.15) is 5.70 Å². The number of nitrogens with zero attached hydrogens (tertiary/aromatic N) is 4. The van der Waals surface area contributed by atoms with Crippen LogP contribution >= 0.6 is 0 Å². The van der Waals surface area contributed by atoms with E-state index >= 15 is 0 Å². The molecule has 0 spiro atoms. The number of allylic oxidation sites excluding steroid dienone is 3. The summed E-state index contributed by atoms with van der Waals surface area (Å²) in [4.78, 5) is 39.1. The number of piperazine rings is 1. The first-order valence-corrected chi connectivity index (χ1v) is 10.6. The van der Waals surface area contributed by atoms with Gasteiger partial charge >= 0.3 is 5.97 Å². The van der Waals surface area contributed by atoms with Crippen molar-refractivity contribution in [2.24, 2.45) is 9.98 Å². The first kappa shape index (κ1) is 25.0. The van der Waals surface area contributed by atoms with E-state index in [1.165, 1.54) is 7.11 Å². The Hall–Kier alpha value is -3.26. The number of aromatic amines is 1. The van der Waals surface area contributed by atoms with Gasteiger partial charge in [-0.3, -0.25) is 19.7 Å². The Morgan fingerprint density at radius 2 is 1.91 bits per heavy atom. The van der Waals surface area contributed by atoms with E-state index in [2.05, 4.69) is 49.9 Å². The summed E-state index contributed by atoms with van der Waals surface area (Å²) in [5.74, 6) is -0.503. The number of carbonyl (C=O) groups is 1. The molecule has 0 unspecified atom stereocenters. The number of hydrogen-bond donors (Lipinski definition) is 1. The van der Waals surface area contributed by atoms with E-state index in [4.69, 9.17) is 0 Å². The zero-order chi connectivity index (χ0) is 23.7. The molecule has 1 aliphatic heterocycles. The molecule has 0 aromatic carbocycles. The molecule has 0 atom stereocenters. The Labute approximate surface area is 189 Å². The topological polar surface area (TPSA) is 90.4 Å². The van der Waals surface area contributed by atoms with E-state index in [9.17, 15) is 9.59 Å². The summed E-state index contributed by atoms with van der Waals surface area (Å²) in [7, 11) is 1.32. The van der Waals surface area contributed by atoms with Crippen LogP contribution in [0.3, 0.4) is 0 Å². The van der Waals surface area contributed by atoms with Crippen LogP contribution in [0.4, 0.5) is 5.69 Å². The minimum absolute atomic E-state index is 0.0779. The number of methoxy groups -OCH3 is 1. The van der Waals surface area contributed by atoms with Crippen molar-refractivity contribution in [2.45, 2.75) is 27.2 Å². The second-order valence-corrected chi connectivity index (χ2v) is 7.70. The van der Waals surface area contributed by atoms with Gasteiger partial charge in [0, 0.05) is 44.0 Å². The highest BCUT2D eigenvalue weighted by Gasteiger charge is 2.17. The van der Waals surface area contributed by atoms with E-state index < -0.39 is 5.97 Å². The van der Waals surface area contributed by atoms with Crippen molar-refractivity contribution in [1.82, 2.24) is 14.8 Å². The molecule has 0 bridgehead atoms. The Kier molecular flexibility index (Phi) is 9.34. The Bertz CT molecular complexity index is 995. The molecular formula is C24H33N5O3. The number of ether oxygens (including phenoxy) is 1. The fourth-order valence-electron chi connectivity index (χ4n) is 3.58. The van der Waals surface area contributed by atoms with Crippen molar-refractivity contribution in [3.8, 4) is 0 Å². The highest BCUT2D eigenvalue weighted by molar-refractivity contribution is 5.89.